The van der Waals surface area contributed by atoms with E-state index in [9.17, 15) is 0 Å². The van der Waals surface area contributed by atoms with Gasteiger partial charge in [0.15, 0.2) is 0 Å². The van der Waals surface area contributed by atoms with E-state index in [0.717, 1.165) is 12.4 Å². The summed E-state index contributed by atoms with van der Waals surface area (Å²) in [6.45, 7) is 0.898. The van der Waals surface area contributed by atoms with Gasteiger partial charge in [0, 0.05) is 31.2 Å². The number of aromatic nitrogens is 2. The first-order chi connectivity index (χ1) is 6.86. The van der Waals surface area contributed by atoms with Crippen LogP contribution in [-0.4, -0.2) is 27.1 Å². The summed E-state index contributed by atoms with van der Waals surface area (Å²) in [5, 5.41) is 3.56. The molecule has 2 heterocycles. The molecule has 1 saturated heterocycles. The fourth-order valence-corrected chi connectivity index (χ4v) is 2.81. The minimum absolute atomic E-state index is 0.686. The van der Waals surface area contributed by atoms with Gasteiger partial charge < -0.3 is 9.88 Å². The van der Waals surface area contributed by atoms with Gasteiger partial charge in [-0.2, -0.15) is 11.8 Å². The maximum absolute atomic E-state index is 4.29. The van der Waals surface area contributed by atoms with Crippen LogP contribution in [0, 0.1) is 0 Å². The quantitative estimate of drug-likeness (QED) is 0.820. The number of rotatable bonds is 3. The Balaban J connectivity index is 1.79. The van der Waals surface area contributed by atoms with E-state index in [1.54, 1.807) is 0 Å². The summed E-state index contributed by atoms with van der Waals surface area (Å²) < 4.78 is 2.07. The van der Waals surface area contributed by atoms with Crippen molar-refractivity contribution in [3.8, 4) is 0 Å². The zero-order valence-corrected chi connectivity index (χ0v) is 9.39. The predicted octanol–water partition coefficient (Wildman–Crippen LogP) is 1.41. The number of nitrogens with one attached hydrogen (secondary N) is 1. The van der Waals surface area contributed by atoms with Crippen LogP contribution in [0.3, 0.4) is 0 Å². The second kappa shape index (κ2) is 4.84. The Bertz CT molecular complexity index is 279. The van der Waals surface area contributed by atoms with Crippen molar-refractivity contribution in [2.75, 3.05) is 11.5 Å². The highest BCUT2D eigenvalue weighted by molar-refractivity contribution is 7.99. The van der Waals surface area contributed by atoms with E-state index in [1.165, 1.54) is 24.3 Å². The summed E-state index contributed by atoms with van der Waals surface area (Å²) >= 11 is 2.05. The van der Waals surface area contributed by atoms with Gasteiger partial charge in [-0.15, -0.1) is 0 Å². The van der Waals surface area contributed by atoms with Crippen molar-refractivity contribution in [2.24, 2.45) is 7.05 Å². The first-order valence-electron chi connectivity index (χ1n) is 5.13. The lowest BCUT2D eigenvalue weighted by molar-refractivity contribution is 0.493. The van der Waals surface area contributed by atoms with E-state index in [2.05, 4.69) is 26.6 Å². The van der Waals surface area contributed by atoms with E-state index >= 15 is 0 Å². The minimum Gasteiger partial charge on any atom is -0.337 e. The molecule has 0 spiro atoms. The SMILES string of the molecule is Cn1ccnc1CNC1CCCSC1. The van der Waals surface area contributed by atoms with Crippen LogP contribution in [0.4, 0.5) is 0 Å². The molecule has 14 heavy (non-hydrogen) atoms. The molecule has 1 unspecified atom stereocenters. The number of hydrogen-bond donors (Lipinski definition) is 1. The third-order valence-electron chi connectivity index (χ3n) is 2.63. The van der Waals surface area contributed by atoms with Crippen molar-refractivity contribution >= 4 is 11.8 Å². The highest BCUT2D eigenvalue weighted by atomic mass is 32.2. The Morgan fingerprint density at radius 2 is 2.64 bits per heavy atom. The monoisotopic (exact) mass is 211 g/mol. The van der Waals surface area contributed by atoms with Crippen LogP contribution < -0.4 is 5.32 Å². The first kappa shape index (κ1) is 10.1. The van der Waals surface area contributed by atoms with Crippen LogP contribution >= 0.6 is 11.8 Å². The molecule has 1 aromatic rings. The molecule has 1 fully saturated rings. The van der Waals surface area contributed by atoms with Crippen molar-refractivity contribution in [1.82, 2.24) is 14.9 Å². The van der Waals surface area contributed by atoms with Gasteiger partial charge in [-0.3, -0.25) is 0 Å². The van der Waals surface area contributed by atoms with Gasteiger partial charge in [0.1, 0.15) is 5.82 Å². The van der Waals surface area contributed by atoms with Crippen LogP contribution in [0.5, 0.6) is 0 Å². The first-order valence-corrected chi connectivity index (χ1v) is 6.29. The lowest BCUT2D eigenvalue weighted by Gasteiger charge is -2.22. The molecule has 4 heteroatoms. The van der Waals surface area contributed by atoms with Crippen molar-refractivity contribution < 1.29 is 0 Å². The van der Waals surface area contributed by atoms with Crippen molar-refractivity contribution in [1.29, 1.82) is 0 Å². The van der Waals surface area contributed by atoms with Crippen LogP contribution in [-0.2, 0) is 13.6 Å². The smallest absolute Gasteiger partial charge is 0.122 e. The number of nitrogens with zero attached hydrogens (tertiary/aromatic N) is 2. The Kier molecular flexibility index (Phi) is 3.48. The molecule has 2 rings (SSSR count). The summed E-state index contributed by atoms with van der Waals surface area (Å²) in [6, 6.07) is 0.686. The van der Waals surface area contributed by atoms with Crippen LogP contribution in [0.15, 0.2) is 12.4 Å². The fraction of sp³-hybridized carbons (Fsp3) is 0.700. The molecule has 0 aliphatic carbocycles. The maximum Gasteiger partial charge on any atom is 0.122 e. The molecule has 1 aliphatic heterocycles. The average Bonchev–Trinajstić information content (AvgIpc) is 2.63. The lowest BCUT2D eigenvalue weighted by atomic mass is 10.2. The van der Waals surface area contributed by atoms with Crippen molar-refractivity contribution in [3.05, 3.63) is 18.2 Å². The molecule has 0 saturated carbocycles. The topological polar surface area (TPSA) is 29.9 Å². The molecule has 3 nitrogen and oxygen atoms in total. The molecule has 1 aliphatic rings. The minimum atomic E-state index is 0.686. The Hall–Kier alpha value is -0.480. The normalized spacial score (nSPS) is 22.5. The summed E-state index contributed by atoms with van der Waals surface area (Å²) in [6.07, 6.45) is 6.51. The lowest BCUT2D eigenvalue weighted by Crippen LogP contribution is -2.33. The van der Waals surface area contributed by atoms with Crippen LogP contribution in [0.25, 0.3) is 0 Å². The van der Waals surface area contributed by atoms with E-state index < -0.39 is 0 Å². The molecule has 0 amide bonds. The zero-order valence-electron chi connectivity index (χ0n) is 8.57. The predicted molar refractivity (Wildman–Crippen MR) is 60.4 cm³/mol. The molecule has 1 aromatic heterocycles. The summed E-state index contributed by atoms with van der Waals surface area (Å²) in [5.74, 6) is 3.71. The Morgan fingerprint density at radius 1 is 1.71 bits per heavy atom. The Morgan fingerprint density at radius 3 is 3.29 bits per heavy atom. The fourth-order valence-electron chi connectivity index (χ4n) is 1.70. The van der Waals surface area contributed by atoms with E-state index in [0.29, 0.717) is 6.04 Å². The van der Waals surface area contributed by atoms with E-state index in [-0.39, 0.29) is 0 Å². The molecule has 0 bridgehead atoms. The molecular weight excluding hydrogens is 194 g/mol. The van der Waals surface area contributed by atoms with Gasteiger partial charge in [-0.05, 0) is 18.6 Å². The number of thioether (sulfide) groups is 1. The maximum atomic E-state index is 4.29. The van der Waals surface area contributed by atoms with Gasteiger partial charge in [0.25, 0.3) is 0 Å². The molecule has 78 valence electrons. The van der Waals surface area contributed by atoms with Gasteiger partial charge in [0.05, 0.1) is 6.54 Å². The standard InChI is InChI=1S/C10H17N3S/c1-13-5-4-11-10(13)7-12-9-3-2-6-14-8-9/h4-5,9,12H,2-3,6-8H2,1H3. The zero-order chi connectivity index (χ0) is 9.80. The largest absolute Gasteiger partial charge is 0.337 e. The third kappa shape index (κ3) is 2.51. The Labute approximate surface area is 89.3 Å². The van der Waals surface area contributed by atoms with Gasteiger partial charge in [-0.1, -0.05) is 0 Å². The summed E-state index contributed by atoms with van der Waals surface area (Å²) in [5.41, 5.74) is 0. The molecular formula is C10H17N3S. The van der Waals surface area contributed by atoms with Crippen molar-refractivity contribution in [3.63, 3.8) is 0 Å². The van der Waals surface area contributed by atoms with Gasteiger partial charge in [-0.25, -0.2) is 4.98 Å². The van der Waals surface area contributed by atoms with Crippen LogP contribution in [0.2, 0.25) is 0 Å². The highest BCUT2D eigenvalue weighted by Gasteiger charge is 2.13. The molecule has 0 aromatic carbocycles. The molecule has 1 N–H and O–H groups in total. The van der Waals surface area contributed by atoms with Gasteiger partial charge >= 0.3 is 0 Å². The third-order valence-corrected chi connectivity index (χ3v) is 3.85. The average molecular weight is 211 g/mol. The summed E-state index contributed by atoms with van der Waals surface area (Å²) in [7, 11) is 2.04. The summed E-state index contributed by atoms with van der Waals surface area (Å²) in [4.78, 5) is 4.29. The van der Waals surface area contributed by atoms with Crippen molar-refractivity contribution in [2.45, 2.75) is 25.4 Å². The second-order valence-electron chi connectivity index (χ2n) is 3.75. The number of hydrogen-bond acceptors (Lipinski definition) is 3. The van der Waals surface area contributed by atoms with Gasteiger partial charge in [0.2, 0.25) is 0 Å². The molecule has 1 atom stereocenters. The second-order valence-corrected chi connectivity index (χ2v) is 4.90. The number of imidazole rings is 1. The highest BCUT2D eigenvalue weighted by Crippen LogP contribution is 2.16. The molecule has 0 radical (unpaired) electrons. The van der Waals surface area contributed by atoms with E-state index in [1.807, 2.05) is 19.4 Å². The number of aryl methyl sites for hydroxylation is 1. The van der Waals surface area contributed by atoms with Crippen LogP contribution in [0.1, 0.15) is 18.7 Å². The van der Waals surface area contributed by atoms with E-state index in [4.69, 9.17) is 0 Å².